The van der Waals surface area contributed by atoms with Crippen molar-refractivity contribution in [2.45, 2.75) is 10.1 Å². The highest BCUT2D eigenvalue weighted by molar-refractivity contribution is 7.99. The number of nitrogens with zero attached hydrogens (tertiary/aromatic N) is 4. The molecule has 4 rings (SSSR count). The first kappa shape index (κ1) is 21.1. The number of benzene rings is 2. The maximum Gasteiger partial charge on any atom is 0.242 e. The van der Waals surface area contributed by atoms with Crippen LogP contribution in [0.4, 0.5) is 5.69 Å². The van der Waals surface area contributed by atoms with Crippen molar-refractivity contribution in [3.63, 3.8) is 0 Å². The lowest BCUT2D eigenvalue weighted by atomic mass is 10.3. The summed E-state index contributed by atoms with van der Waals surface area (Å²) in [6.07, 6.45) is 0. The van der Waals surface area contributed by atoms with Gasteiger partial charge in [0.15, 0.2) is 5.16 Å². The minimum absolute atomic E-state index is 0.0451. The third-order valence-electron chi connectivity index (χ3n) is 4.23. The predicted octanol–water partition coefficient (Wildman–Crippen LogP) is 3.58. The summed E-state index contributed by atoms with van der Waals surface area (Å²) in [7, 11) is -0.767. The van der Waals surface area contributed by atoms with Crippen molar-refractivity contribution in [2.24, 2.45) is 0 Å². The molecule has 12 heteroatoms. The summed E-state index contributed by atoms with van der Waals surface area (Å²) in [6, 6.07) is 12.1. The Bertz CT molecular complexity index is 1360. The van der Waals surface area contributed by atoms with Crippen LogP contribution in [0.5, 0.6) is 0 Å². The van der Waals surface area contributed by atoms with E-state index in [4.69, 9.17) is 11.6 Å². The molecule has 4 aromatic rings. The first-order valence-corrected chi connectivity index (χ1v) is 12.3. The third-order valence-corrected chi connectivity index (χ3v) is 8.32. The lowest BCUT2D eigenvalue weighted by molar-refractivity contribution is -0.113. The lowest BCUT2D eigenvalue weighted by Gasteiger charge is -2.13. The van der Waals surface area contributed by atoms with Crippen molar-refractivity contribution in [2.75, 3.05) is 25.2 Å². The van der Waals surface area contributed by atoms with Gasteiger partial charge in [0.1, 0.15) is 0 Å². The fraction of sp³-hybridized carbons (Fsp3) is 0.167. The number of para-hydroxylation sites is 1. The molecular weight excluding hydrogens is 466 g/mol. The Balaban J connectivity index is 1.52. The van der Waals surface area contributed by atoms with Crippen LogP contribution in [0, 0.1) is 0 Å². The fourth-order valence-electron chi connectivity index (χ4n) is 2.74. The van der Waals surface area contributed by atoms with E-state index in [1.807, 2.05) is 28.7 Å². The summed E-state index contributed by atoms with van der Waals surface area (Å²) in [5, 5.41) is 11.9. The summed E-state index contributed by atoms with van der Waals surface area (Å²) < 4.78 is 28.7. The number of nitrogens with one attached hydrogen (secondary N) is 1. The second kappa shape index (κ2) is 8.16. The van der Waals surface area contributed by atoms with Gasteiger partial charge in [-0.15, -0.1) is 10.2 Å². The Morgan fingerprint density at radius 3 is 2.77 bits per heavy atom. The predicted molar refractivity (Wildman–Crippen MR) is 120 cm³/mol. The molecule has 2 aromatic heterocycles. The van der Waals surface area contributed by atoms with Crippen molar-refractivity contribution in [3.05, 3.63) is 47.5 Å². The smallest absolute Gasteiger partial charge is 0.242 e. The van der Waals surface area contributed by atoms with Gasteiger partial charge in [0.2, 0.25) is 20.9 Å². The molecule has 1 amide bonds. The van der Waals surface area contributed by atoms with E-state index in [1.165, 1.54) is 55.4 Å². The van der Waals surface area contributed by atoms with Crippen LogP contribution >= 0.6 is 34.7 Å². The average molecular weight is 482 g/mol. The Hall–Kier alpha value is -2.18. The second-order valence-electron chi connectivity index (χ2n) is 6.44. The number of hydrogen-bond donors (Lipinski definition) is 1. The van der Waals surface area contributed by atoms with E-state index < -0.39 is 10.0 Å². The SMILES string of the molecule is CN(C)S(=O)(=O)c1ccc(Cl)c(NC(=O)CSc2nnc3sc4ccccc4n23)c1. The second-order valence-corrected chi connectivity index (χ2v) is 10.9. The van der Waals surface area contributed by atoms with E-state index in [0.717, 1.165) is 19.5 Å². The maximum absolute atomic E-state index is 12.5. The number of thioether (sulfide) groups is 1. The molecule has 0 radical (unpaired) electrons. The molecule has 8 nitrogen and oxygen atoms in total. The topological polar surface area (TPSA) is 96.7 Å². The van der Waals surface area contributed by atoms with Crippen molar-refractivity contribution < 1.29 is 13.2 Å². The quantitative estimate of drug-likeness (QED) is 0.423. The highest BCUT2D eigenvalue weighted by Gasteiger charge is 2.20. The van der Waals surface area contributed by atoms with Crippen LogP contribution in [0.3, 0.4) is 0 Å². The fourth-order valence-corrected chi connectivity index (χ4v) is 5.60. The highest BCUT2D eigenvalue weighted by Crippen LogP contribution is 2.30. The Morgan fingerprint density at radius 2 is 2.00 bits per heavy atom. The van der Waals surface area contributed by atoms with E-state index in [9.17, 15) is 13.2 Å². The number of aromatic nitrogens is 3. The number of hydrogen-bond acceptors (Lipinski definition) is 7. The van der Waals surface area contributed by atoms with E-state index in [-0.39, 0.29) is 27.3 Å². The molecule has 156 valence electrons. The van der Waals surface area contributed by atoms with E-state index in [1.54, 1.807) is 0 Å². The normalized spacial score (nSPS) is 12.1. The first-order valence-electron chi connectivity index (χ1n) is 8.65. The third kappa shape index (κ3) is 3.91. The number of fused-ring (bicyclic) bond motifs is 3. The van der Waals surface area contributed by atoms with Crippen LogP contribution in [0.25, 0.3) is 15.2 Å². The molecule has 30 heavy (non-hydrogen) atoms. The number of carbonyl (C=O) groups excluding carboxylic acids is 1. The zero-order valence-corrected chi connectivity index (χ0v) is 19.1. The van der Waals surface area contributed by atoms with Gasteiger partial charge in [0.05, 0.1) is 31.6 Å². The van der Waals surface area contributed by atoms with Gasteiger partial charge in [-0.05, 0) is 30.3 Å². The molecule has 0 saturated heterocycles. The molecule has 0 aliphatic rings. The zero-order valence-electron chi connectivity index (χ0n) is 15.9. The van der Waals surface area contributed by atoms with Crippen molar-refractivity contribution in [3.8, 4) is 0 Å². The van der Waals surface area contributed by atoms with Crippen LogP contribution in [0.15, 0.2) is 52.5 Å². The highest BCUT2D eigenvalue weighted by atomic mass is 35.5. The van der Waals surface area contributed by atoms with Crippen molar-refractivity contribution >= 4 is 71.5 Å². The number of rotatable bonds is 6. The number of halogens is 1. The molecule has 0 atom stereocenters. The monoisotopic (exact) mass is 481 g/mol. The summed E-state index contributed by atoms with van der Waals surface area (Å²) in [5.74, 6) is -0.274. The number of carbonyl (C=O) groups is 1. The van der Waals surface area contributed by atoms with Gasteiger partial charge in [-0.2, -0.15) is 0 Å². The average Bonchev–Trinajstić information content (AvgIpc) is 3.27. The first-order chi connectivity index (χ1) is 14.3. The molecule has 2 aromatic carbocycles. The van der Waals surface area contributed by atoms with Gasteiger partial charge in [-0.1, -0.05) is 46.8 Å². The molecule has 0 aliphatic heterocycles. The Labute approximate surface area is 185 Å². The van der Waals surface area contributed by atoms with Crippen LogP contribution in [0.2, 0.25) is 5.02 Å². The zero-order chi connectivity index (χ0) is 21.5. The van der Waals surface area contributed by atoms with Crippen molar-refractivity contribution in [1.29, 1.82) is 0 Å². The summed E-state index contributed by atoms with van der Waals surface area (Å²) >= 11 is 8.91. The molecule has 0 bridgehead atoms. The maximum atomic E-state index is 12.5. The van der Waals surface area contributed by atoms with Crippen LogP contribution < -0.4 is 5.32 Å². The largest absolute Gasteiger partial charge is 0.324 e. The molecule has 0 unspecified atom stereocenters. The molecule has 0 saturated carbocycles. The number of sulfonamides is 1. The standard InChI is InChI=1S/C18H16ClN5O3S3/c1-23(2)30(26,27)11-7-8-12(19)13(9-11)20-16(25)10-28-17-21-22-18-24(17)14-5-3-4-6-15(14)29-18/h3-9H,10H2,1-2H3,(H,20,25). The summed E-state index contributed by atoms with van der Waals surface area (Å²) in [5.41, 5.74) is 1.22. The summed E-state index contributed by atoms with van der Waals surface area (Å²) in [6.45, 7) is 0. The minimum atomic E-state index is -3.64. The van der Waals surface area contributed by atoms with E-state index >= 15 is 0 Å². The molecule has 0 spiro atoms. The van der Waals surface area contributed by atoms with Crippen LogP contribution in [-0.4, -0.2) is 53.1 Å². The van der Waals surface area contributed by atoms with Gasteiger partial charge in [0.25, 0.3) is 0 Å². The van der Waals surface area contributed by atoms with E-state index in [2.05, 4.69) is 15.5 Å². The van der Waals surface area contributed by atoms with Crippen LogP contribution in [0.1, 0.15) is 0 Å². The Morgan fingerprint density at radius 1 is 1.23 bits per heavy atom. The molecule has 0 fully saturated rings. The molecule has 1 N–H and O–H groups in total. The van der Waals surface area contributed by atoms with Crippen molar-refractivity contribution in [1.82, 2.24) is 18.9 Å². The molecular formula is C18H16ClN5O3S3. The van der Waals surface area contributed by atoms with Gasteiger partial charge in [-0.25, -0.2) is 12.7 Å². The molecule has 0 aliphatic carbocycles. The van der Waals surface area contributed by atoms with Gasteiger partial charge in [-0.3, -0.25) is 9.20 Å². The van der Waals surface area contributed by atoms with E-state index in [0.29, 0.717) is 5.16 Å². The lowest BCUT2D eigenvalue weighted by Crippen LogP contribution is -2.22. The van der Waals surface area contributed by atoms with Crippen LogP contribution in [-0.2, 0) is 14.8 Å². The summed E-state index contributed by atoms with van der Waals surface area (Å²) in [4.78, 5) is 13.3. The van der Waals surface area contributed by atoms with Gasteiger partial charge >= 0.3 is 0 Å². The number of anilines is 1. The number of thiazole rings is 1. The minimum Gasteiger partial charge on any atom is -0.324 e. The Kier molecular flexibility index (Phi) is 5.73. The van der Waals surface area contributed by atoms with Gasteiger partial charge < -0.3 is 5.32 Å². The van der Waals surface area contributed by atoms with Gasteiger partial charge in [0, 0.05) is 14.1 Å². The number of amides is 1. The molecule has 2 heterocycles.